The van der Waals surface area contributed by atoms with E-state index < -0.39 is 0 Å². The van der Waals surface area contributed by atoms with Crippen LogP contribution in [-0.2, 0) is 11.3 Å². The molecule has 1 unspecified atom stereocenters. The van der Waals surface area contributed by atoms with Gasteiger partial charge in [-0.05, 0) is 66.9 Å². The lowest BCUT2D eigenvalue weighted by atomic mass is 9.89. The first kappa shape index (κ1) is 19.5. The van der Waals surface area contributed by atoms with Crippen LogP contribution in [-0.4, -0.2) is 10.4 Å². The summed E-state index contributed by atoms with van der Waals surface area (Å²) in [5.74, 6) is 0.720. The Bertz CT molecular complexity index is 947. The van der Waals surface area contributed by atoms with E-state index in [9.17, 15) is 4.79 Å². The van der Waals surface area contributed by atoms with Crippen LogP contribution in [0, 0.1) is 9.87 Å². The average molecular weight is 404 g/mol. The largest absolute Gasteiger partial charge is 0.323 e. The number of aromatic nitrogens is 1. The van der Waals surface area contributed by atoms with Gasteiger partial charge in [-0.15, -0.1) is 22.7 Å². The lowest BCUT2D eigenvalue weighted by Gasteiger charge is -2.16. The molecular weight excluding hydrogens is 378 g/mol. The maximum Gasteiger partial charge on any atom is 0.162 e. The fourth-order valence-electron chi connectivity index (χ4n) is 3.53. The molecule has 2 aromatic heterocycles. The van der Waals surface area contributed by atoms with E-state index in [2.05, 4.69) is 37.1 Å². The van der Waals surface area contributed by atoms with Gasteiger partial charge in [-0.3, -0.25) is 4.79 Å². The van der Waals surface area contributed by atoms with Gasteiger partial charge in [0.25, 0.3) is 0 Å². The van der Waals surface area contributed by atoms with Gasteiger partial charge in [0.1, 0.15) is 0 Å². The number of allylic oxidation sites excluding steroid dienone is 2. The Kier molecular flexibility index (Phi) is 6.79. The van der Waals surface area contributed by atoms with Gasteiger partial charge in [0, 0.05) is 17.8 Å². The highest BCUT2D eigenvalue weighted by molar-refractivity contribution is 7.73. The molecule has 0 saturated carbocycles. The zero-order chi connectivity index (χ0) is 18.5. The Hall–Kier alpha value is -1.30. The SMILES string of the molecule is C=c1/c(=C/c2cccs2)sc(=S)n1CCC(=O)C1=CCCCCC1CC. The van der Waals surface area contributed by atoms with E-state index in [4.69, 9.17) is 12.2 Å². The molecule has 1 atom stereocenters. The first-order chi connectivity index (χ1) is 12.6. The van der Waals surface area contributed by atoms with Crippen LogP contribution in [0.4, 0.5) is 0 Å². The highest BCUT2D eigenvalue weighted by atomic mass is 32.1. The molecule has 2 nitrogen and oxygen atoms in total. The van der Waals surface area contributed by atoms with E-state index in [1.165, 1.54) is 17.7 Å². The highest BCUT2D eigenvalue weighted by Gasteiger charge is 2.20. The number of ketones is 1. The number of thiazole rings is 1. The van der Waals surface area contributed by atoms with E-state index in [-0.39, 0.29) is 5.78 Å². The fourth-order valence-corrected chi connectivity index (χ4v) is 5.65. The third-order valence-corrected chi connectivity index (χ3v) is 7.29. The normalized spacial score (nSPS) is 18.6. The number of rotatable bonds is 6. The molecule has 5 heteroatoms. The number of Topliss-reactive ketones (excluding diaryl/α,β-unsaturated/α-hetero) is 1. The minimum atomic E-state index is 0.287. The summed E-state index contributed by atoms with van der Waals surface area (Å²) in [5, 5.41) is 2.98. The summed E-state index contributed by atoms with van der Waals surface area (Å²) in [5.41, 5.74) is 1.06. The molecule has 0 amide bonds. The first-order valence-corrected chi connectivity index (χ1v) is 11.4. The van der Waals surface area contributed by atoms with Gasteiger partial charge in [0.2, 0.25) is 0 Å². The number of thiophene rings is 1. The van der Waals surface area contributed by atoms with Crippen molar-refractivity contribution in [1.82, 2.24) is 4.57 Å². The summed E-state index contributed by atoms with van der Waals surface area (Å²) in [6.45, 7) is 7.02. The molecule has 0 saturated heterocycles. The van der Waals surface area contributed by atoms with Crippen molar-refractivity contribution in [2.24, 2.45) is 5.92 Å². The van der Waals surface area contributed by atoms with E-state index >= 15 is 0 Å². The number of carbonyl (C=O) groups is 1. The topological polar surface area (TPSA) is 22.0 Å². The van der Waals surface area contributed by atoms with Crippen molar-refractivity contribution < 1.29 is 4.79 Å². The summed E-state index contributed by atoms with van der Waals surface area (Å²) < 4.78 is 3.91. The quantitative estimate of drug-likeness (QED) is 0.629. The minimum Gasteiger partial charge on any atom is -0.323 e. The molecule has 0 N–H and O–H groups in total. The molecule has 2 aromatic rings. The molecular formula is C21H25NOS3. The lowest BCUT2D eigenvalue weighted by Crippen LogP contribution is -2.28. The van der Waals surface area contributed by atoms with E-state index in [0.29, 0.717) is 18.9 Å². The Labute approximate surface area is 168 Å². The van der Waals surface area contributed by atoms with E-state index in [1.807, 2.05) is 10.6 Å². The van der Waals surface area contributed by atoms with Gasteiger partial charge in [0.15, 0.2) is 9.74 Å². The van der Waals surface area contributed by atoms with Crippen molar-refractivity contribution in [3.05, 3.63) is 47.9 Å². The van der Waals surface area contributed by atoms with Crippen LogP contribution >= 0.6 is 34.9 Å². The molecule has 3 rings (SSSR count). The van der Waals surface area contributed by atoms with Crippen molar-refractivity contribution in [2.75, 3.05) is 0 Å². The van der Waals surface area contributed by atoms with Crippen molar-refractivity contribution in [3.63, 3.8) is 0 Å². The van der Waals surface area contributed by atoms with Crippen LogP contribution in [0.25, 0.3) is 12.7 Å². The van der Waals surface area contributed by atoms with E-state index in [0.717, 1.165) is 38.7 Å². The Morgan fingerprint density at radius 2 is 2.31 bits per heavy atom. The molecule has 0 bridgehead atoms. The van der Waals surface area contributed by atoms with Crippen LogP contribution in [0.1, 0.15) is 50.3 Å². The zero-order valence-electron chi connectivity index (χ0n) is 15.2. The van der Waals surface area contributed by atoms with Gasteiger partial charge in [-0.2, -0.15) is 0 Å². The van der Waals surface area contributed by atoms with Crippen molar-refractivity contribution in [1.29, 1.82) is 0 Å². The molecule has 2 heterocycles. The third kappa shape index (κ3) is 4.51. The van der Waals surface area contributed by atoms with Crippen LogP contribution in [0.5, 0.6) is 0 Å². The molecule has 26 heavy (non-hydrogen) atoms. The lowest BCUT2D eigenvalue weighted by molar-refractivity contribution is -0.116. The molecule has 0 aliphatic heterocycles. The number of hydrogen-bond donors (Lipinski definition) is 0. The van der Waals surface area contributed by atoms with Gasteiger partial charge >= 0.3 is 0 Å². The van der Waals surface area contributed by atoms with Crippen molar-refractivity contribution in [3.8, 4) is 0 Å². The zero-order valence-corrected chi connectivity index (χ0v) is 17.7. The van der Waals surface area contributed by atoms with Gasteiger partial charge in [-0.25, -0.2) is 0 Å². The Morgan fingerprint density at radius 3 is 3.04 bits per heavy atom. The number of nitrogens with zero attached hydrogens (tertiary/aromatic N) is 1. The predicted octanol–water partition coefficient (Wildman–Crippen LogP) is 5.07. The first-order valence-electron chi connectivity index (χ1n) is 9.27. The van der Waals surface area contributed by atoms with Crippen molar-refractivity contribution in [2.45, 2.75) is 52.0 Å². The molecule has 1 aliphatic rings. The van der Waals surface area contributed by atoms with Crippen LogP contribution in [0.2, 0.25) is 0 Å². The molecule has 1 aliphatic carbocycles. The smallest absolute Gasteiger partial charge is 0.162 e. The maximum absolute atomic E-state index is 12.8. The second-order valence-corrected chi connectivity index (χ2v) is 9.37. The van der Waals surface area contributed by atoms with Crippen molar-refractivity contribution >= 4 is 53.3 Å². The standard InChI is InChI=1S/C21H25NOS3/c1-3-16-8-5-4-6-10-18(16)19(23)11-12-22-15(2)20(26-21(22)24)14-17-9-7-13-25-17/h7,9-10,13-14,16H,2-6,8,11-12H2,1H3/b20-14-. The van der Waals surface area contributed by atoms with Gasteiger partial charge in [-0.1, -0.05) is 32.1 Å². The fraction of sp³-hybridized carbons (Fsp3) is 0.429. The van der Waals surface area contributed by atoms with Crippen LogP contribution in [0.3, 0.4) is 0 Å². The monoisotopic (exact) mass is 403 g/mol. The van der Waals surface area contributed by atoms with Crippen LogP contribution in [0.15, 0.2) is 29.2 Å². The summed E-state index contributed by atoms with van der Waals surface area (Å²) in [4.78, 5) is 14.0. The number of carbonyl (C=O) groups excluding carboxylic acids is 1. The summed E-state index contributed by atoms with van der Waals surface area (Å²) >= 11 is 8.81. The maximum atomic E-state index is 12.8. The van der Waals surface area contributed by atoms with E-state index in [1.54, 1.807) is 22.7 Å². The minimum absolute atomic E-state index is 0.287. The second kappa shape index (κ2) is 9.07. The predicted molar refractivity (Wildman–Crippen MR) is 116 cm³/mol. The second-order valence-electron chi connectivity index (χ2n) is 6.71. The summed E-state index contributed by atoms with van der Waals surface area (Å²) in [7, 11) is 0. The van der Waals surface area contributed by atoms with Gasteiger partial charge < -0.3 is 4.57 Å². The van der Waals surface area contributed by atoms with Gasteiger partial charge in [0.05, 0.1) is 9.88 Å². The Balaban J connectivity index is 1.77. The average Bonchev–Trinajstić information content (AvgIpc) is 3.14. The highest BCUT2D eigenvalue weighted by Crippen LogP contribution is 2.28. The molecule has 138 valence electrons. The molecule has 0 spiro atoms. The molecule has 0 radical (unpaired) electrons. The summed E-state index contributed by atoms with van der Waals surface area (Å²) in [6.07, 6.45) is 10.5. The van der Waals surface area contributed by atoms with Crippen LogP contribution < -0.4 is 9.88 Å². The Morgan fingerprint density at radius 1 is 1.46 bits per heavy atom. The number of hydrogen-bond acceptors (Lipinski definition) is 4. The summed E-state index contributed by atoms with van der Waals surface area (Å²) in [6, 6.07) is 4.13. The third-order valence-electron chi connectivity index (χ3n) is 5.03. The molecule has 0 aromatic carbocycles. The molecule has 0 fully saturated rings.